The number of ketones is 1. The lowest BCUT2D eigenvalue weighted by Gasteiger charge is -2.07. The number of carbonyl (C=O) groups excluding carboxylic acids is 1. The Morgan fingerprint density at radius 2 is 1.84 bits per heavy atom. The molecule has 2 nitrogen and oxygen atoms in total. The molecule has 0 unspecified atom stereocenters. The van der Waals surface area contributed by atoms with Gasteiger partial charge in [-0.1, -0.05) is 54.1 Å². The zero-order valence-corrected chi connectivity index (χ0v) is 11.5. The van der Waals surface area contributed by atoms with Gasteiger partial charge in [-0.05, 0) is 24.1 Å². The van der Waals surface area contributed by atoms with Crippen molar-refractivity contribution in [2.75, 3.05) is 6.61 Å². The third kappa shape index (κ3) is 3.66. The summed E-state index contributed by atoms with van der Waals surface area (Å²) in [5.74, 6) is -0.0454. The topological polar surface area (TPSA) is 26.3 Å². The van der Waals surface area contributed by atoms with Crippen molar-refractivity contribution in [2.45, 2.75) is 13.5 Å². The fraction of sp³-hybridized carbons (Fsp3) is 0.188. The van der Waals surface area contributed by atoms with Crippen molar-refractivity contribution in [2.24, 2.45) is 0 Å². The SMILES string of the molecule is Cc1c(Cl)cccc1C(=O)COCc1ccccc1. The number of Topliss-reactive ketones (excluding diaryl/α,β-unsaturated/α-hetero) is 1. The number of hydrogen-bond acceptors (Lipinski definition) is 2. The predicted octanol–water partition coefficient (Wildman–Crippen LogP) is 4.05. The minimum absolute atomic E-state index is 0.0454. The standard InChI is InChI=1S/C16H15ClO2/c1-12-14(8-5-9-15(12)17)16(18)11-19-10-13-6-3-2-4-7-13/h2-9H,10-11H2,1H3. The second-order valence-electron chi connectivity index (χ2n) is 4.31. The Morgan fingerprint density at radius 1 is 1.11 bits per heavy atom. The van der Waals surface area contributed by atoms with E-state index >= 15 is 0 Å². The summed E-state index contributed by atoms with van der Waals surface area (Å²) < 4.78 is 5.44. The maximum Gasteiger partial charge on any atom is 0.188 e. The van der Waals surface area contributed by atoms with E-state index in [1.807, 2.05) is 37.3 Å². The van der Waals surface area contributed by atoms with Gasteiger partial charge in [0.05, 0.1) is 6.61 Å². The molecule has 0 bridgehead atoms. The Balaban J connectivity index is 1.93. The van der Waals surface area contributed by atoms with Gasteiger partial charge in [-0.15, -0.1) is 0 Å². The zero-order chi connectivity index (χ0) is 13.7. The second kappa shape index (κ2) is 6.50. The summed E-state index contributed by atoms with van der Waals surface area (Å²) in [7, 11) is 0. The first-order valence-electron chi connectivity index (χ1n) is 6.08. The van der Waals surface area contributed by atoms with Gasteiger partial charge in [0, 0.05) is 10.6 Å². The van der Waals surface area contributed by atoms with Gasteiger partial charge in [0.2, 0.25) is 0 Å². The van der Waals surface area contributed by atoms with Crippen molar-refractivity contribution in [1.29, 1.82) is 0 Å². The van der Waals surface area contributed by atoms with Crippen LogP contribution in [0.15, 0.2) is 48.5 Å². The van der Waals surface area contributed by atoms with Gasteiger partial charge in [0.1, 0.15) is 6.61 Å². The van der Waals surface area contributed by atoms with Crippen molar-refractivity contribution in [1.82, 2.24) is 0 Å². The number of halogens is 1. The van der Waals surface area contributed by atoms with Crippen LogP contribution in [0.3, 0.4) is 0 Å². The molecule has 0 fully saturated rings. The van der Waals surface area contributed by atoms with Crippen LogP contribution in [-0.4, -0.2) is 12.4 Å². The van der Waals surface area contributed by atoms with Gasteiger partial charge >= 0.3 is 0 Å². The molecule has 0 radical (unpaired) electrons. The molecule has 0 aliphatic heterocycles. The average molecular weight is 275 g/mol. The summed E-state index contributed by atoms with van der Waals surface area (Å²) in [4.78, 5) is 12.0. The summed E-state index contributed by atoms with van der Waals surface area (Å²) >= 11 is 5.99. The van der Waals surface area contributed by atoms with Gasteiger partial charge < -0.3 is 4.74 Å². The van der Waals surface area contributed by atoms with E-state index in [-0.39, 0.29) is 12.4 Å². The predicted molar refractivity (Wildman–Crippen MR) is 76.6 cm³/mol. The van der Waals surface area contributed by atoms with Crippen molar-refractivity contribution in [3.63, 3.8) is 0 Å². The fourth-order valence-corrected chi connectivity index (χ4v) is 2.00. The van der Waals surface area contributed by atoms with Crippen LogP contribution in [0.1, 0.15) is 21.5 Å². The van der Waals surface area contributed by atoms with Gasteiger partial charge in [0.15, 0.2) is 5.78 Å². The smallest absolute Gasteiger partial charge is 0.188 e. The number of ether oxygens (including phenoxy) is 1. The molecule has 0 atom stereocenters. The third-order valence-electron chi connectivity index (χ3n) is 2.91. The minimum atomic E-state index is -0.0454. The molecule has 0 aromatic heterocycles. The normalized spacial score (nSPS) is 10.4. The Morgan fingerprint density at radius 3 is 2.58 bits per heavy atom. The van der Waals surface area contributed by atoms with Crippen LogP contribution in [0, 0.1) is 6.92 Å². The van der Waals surface area contributed by atoms with Crippen molar-refractivity contribution >= 4 is 17.4 Å². The monoisotopic (exact) mass is 274 g/mol. The first-order valence-corrected chi connectivity index (χ1v) is 6.46. The average Bonchev–Trinajstić information content (AvgIpc) is 2.43. The molecule has 0 N–H and O–H groups in total. The number of benzene rings is 2. The lowest BCUT2D eigenvalue weighted by atomic mass is 10.1. The van der Waals surface area contributed by atoms with Gasteiger partial charge in [0.25, 0.3) is 0 Å². The molecule has 2 aromatic carbocycles. The fourth-order valence-electron chi connectivity index (χ4n) is 1.82. The Kier molecular flexibility index (Phi) is 4.72. The first-order chi connectivity index (χ1) is 9.18. The molecule has 2 aromatic rings. The molecule has 0 saturated carbocycles. The summed E-state index contributed by atoms with van der Waals surface area (Å²) in [6, 6.07) is 15.1. The largest absolute Gasteiger partial charge is 0.369 e. The van der Waals surface area contributed by atoms with E-state index in [9.17, 15) is 4.79 Å². The van der Waals surface area contributed by atoms with Crippen molar-refractivity contribution < 1.29 is 9.53 Å². The molecule has 0 spiro atoms. The molecule has 3 heteroatoms. The third-order valence-corrected chi connectivity index (χ3v) is 3.32. The summed E-state index contributed by atoms with van der Waals surface area (Å²) in [5, 5.41) is 0.605. The molecule has 19 heavy (non-hydrogen) atoms. The van der Waals surface area contributed by atoms with Crippen LogP contribution in [0.25, 0.3) is 0 Å². The Labute approximate surface area is 118 Å². The van der Waals surface area contributed by atoms with Gasteiger partial charge in [-0.3, -0.25) is 4.79 Å². The quantitative estimate of drug-likeness (QED) is 0.769. The van der Waals surface area contributed by atoms with Crippen molar-refractivity contribution in [3.05, 3.63) is 70.2 Å². The Hall–Kier alpha value is -1.64. The molecule has 0 saturated heterocycles. The molecule has 0 amide bonds. The summed E-state index contributed by atoms with van der Waals surface area (Å²) in [6.07, 6.45) is 0. The lowest BCUT2D eigenvalue weighted by molar-refractivity contribution is 0.0726. The number of carbonyl (C=O) groups is 1. The van der Waals surface area contributed by atoms with Gasteiger partial charge in [-0.25, -0.2) is 0 Å². The second-order valence-corrected chi connectivity index (χ2v) is 4.72. The highest BCUT2D eigenvalue weighted by Crippen LogP contribution is 2.19. The van der Waals surface area contributed by atoms with Crippen LogP contribution in [0.5, 0.6) is 0 Å². The van der Waals surface area contributed by atoms with Crippen LogP contribution < -0.4 is 0 Å². The van der Waals surface area contributed by atoms with E-state index in [2.05, 4.69) is 0 Å². The molecule has 98 valence electrons. The molecule has 0 aliphatic rings. The highest BCUT2D eigenvalue weighted by atomic mass is 35.5. The first kappa shape index (κ1) is 13.8. The van der Waals surface area contributed by atoms with Crippen LogP contribution in [0.2, 0.25) is 5.02 Å². The van der Waals surface area contributed by atoms with E-state index in [1.165, 1.54) is 0 Å². The summed E-state index contributed by atoms with van der Waals surface area (Å²) in [5.41, 5.74) is 2.48. The van der Waals surface area contributed by atoms with E-state index < -0.39 is 0 Å². The highest BCUT2D eigenvalue weighted by molar-refractivity contribution is 6.31. The Bertz CT molecular complexity index is 564. The van der Waals surface area contributed by atoms with Crippen molar-refractivity contribution in [3.8, 4) is 0 Å². The molecular weight excluding hydrogens is 260 g/mol. The summed E-state index contributed by atoms with van der Waals surface area (Å²) in [6.45, 7) is 2.34. The van der Waals surface area contributed by atoms with E-state index in [1.54, 1.807) is 18.2 Å². The molecule has 2 rings (SSSR count). The van der Waals surface area contributed by atoms with Crippen LogP contribution in [-0.2, 0) is 11.3 Å². The maximum atomic E-state index is 12.0. The highest BCUT2D eigenvalue weighted by Gasteiger charge is 2.10. The number of rotatable bonds is 5. The minimum Gasteiger partial charge on any atom is -0.369 e. The van der Waals surface area contributed by atoms with Crippen LogP contribution >= 0.6 is 11.6 Å². The zero-order valence-electron chi connectivity index (χ0n) is 10.7. The maximum absolute atomic E-state index is 12.0. The molecular formula is C16H15ClO2. The van der Waals surface area contributed by atoms with E-state index in [0.29, 0.717) is 17.2 Å². The number of hydrogen-bond donors (Lipinski definition) is 0. The molecule has 0 aliphatic carbocycles. The lowest BCUT2D eigenvalue weighted by Crippen LogP contribution is -2.10. The van der Waals surface area contributed by atoms with E-state index in [4.69, 9.17) is 16.3 Å². The molecule has 0 heterocycles. The van der Waals surface area contributed by atoms with E-state index in [0.717, 1.165) is 11.1 Å². The van der Waals surface area contributed by atoms with Crippen LogP contribution in [0.4, 0.5) is 0 Å². The van der Waals surface area contributed by atoms with Gasteiger partial charge in [-0.2, -0.15) is 0 Å².